The molecule has 1 heterocycles. The highest BCUT2D eigenvalue weighted by atomic mass is 79.9. The molecule has 0 saturated carbocycles. The van der Waals surface area contributed by atoms with E-state index in [9.17, 15) is 18.0 Å². The van der Waals surface area contributed by atoms with Crippen molar-refractivity contribution in [2.75, 3.05) is 22.8 Å². The van der Waals surface area contributed by atoms with Crippen molar-refractivity contribution in [1.82, 2.24) is 5.32 Å². The third-order valence-electron chi connectivity index (χ3n) is 6.27. The molecule has 0 unspecified atom stereocenters. The first-order chi connectivity index (χ1) is 19.8. The summed E-state index contributed by atoms with van der Waals surface area (Å²) in [6, 6.07) is 29.0. The van der Waals surface area contributed by atoms with Gasteiger partial charge in [0.1, 0.15) is 11.5 Å². The Morgan fingerprint density at radius 2 is 1.59 bits per heavy atom. The molecule has 210 valence electrons. The van der Waals surface area contributed by atoms with E-state index in [1.807, 2.05) is 30.3 Å². The topological polar surface area (TPSA) is 114 Å². The number of rotatable bonds is 9. The van der Waals surface area contributed by atoms with Gasteiger partial charge < -0.3 is 19.7 Å². The molecular formula is C30H26BrN3O6S. The van der Waals surface area contributed by atoms with Crippen LogP contribution in [0.2, 0.25) is 0 Å². The first-order valence-electron chi connectivity index (χ1n) is 12.7. The lowest BCUT2D eigenvalue weighted by Gasteiger charge is -2.34. The Bertz CT molecular complexity index is 1630. The van der Waals surface area contributed by atoms with Gasteiger partial charge in [-0.25, -0.2) is 8.42 Å². The Morgan fingerprint density at radius 3 is 2.32 bits per heavy atom. The highest BCUT2D eigenvalue weighted by molar-refractivity contribution is 9.10. The van der Waals surface area contributed by atoms with Crippen LogP contribution >= 0.6 is 15.9 Å². The third kappa shape index (κ3) is 7.05. The van der Waals surface area contributed by atoms with Gasteiger partial charge in [0.15, 0.2) is 12.7 Å². The monoisotopic (exact) mass is 635 g/mol. The second-order valence-corrected chi connectivity index (χ2v) is 11.8. The van der Waals surface area contributed by atoms with E-state index in [1.54, 1.807) is 48.5 Å². The van der Waals surface area contributed by atoms with E-state index in [0.29, 0.717) is 29.4 Å². The number of amides is 2. The molecule has 0 radical (unpaired) electrons. The average molecular weight is 637 g/mol. The number of nitrogens with one attached hydrogen (secondary N) is 2. The van der Waals surface area contributed by atoms with Gasteiger partial charge in [-0.2, -0.15) is 0 Å². The molecule has 1 aliphatic rings. The van der Waals surface area contributed by atoms with Gasteiger partial charge >= 0.3 is 0 Å². The van der Waals surface area contributed by atoms with Crippen molar-refractivity contribution in [3.63, 3.8) is 0 Å². The fraction of sp³-hybridized carbons (Fsp3) is 0.133. The van der Waals surface area contributed by atoms with Crippen LogP contribution in [-0.2, 0) is 26.2 Å². The summed E-state index contributed by atoms with van der Waals surface area (Å²) in [5.74, 6) is 0.0188. The van der Waals surface area contributed by atoms with E-state index >= 15 is 0 Å². The van der Waals surface area contributed by atoms with Crippen LogP contribution in [0.1, 0.15) is 5.56 Å². The molecule has 2 amide bonds. The molecule has 9 nitrogen and oxygen atoms in total. The number of carbonyl (C=O) groups excluding carboxylic acids is 2. The predicted molar refractivity (Wildman–Crippen MR) is 158 cm³/mol. The van der Waals surface area contributed by atoms with E-state index in [1.165, 1.54) is 29.2 Å². The quantitative estimate of drug-likeness (QED) is 0.275. The van der Waals surface area contributed by atoms with Crippen molar-refractivity contribution in [2.24, 2.45) is 0 Å². The smallest absolute Gasteiger partial charge is 0.265 e. The molecular weight excluding hydrogens is 610 g/mol. The standard InChI is InChI=1S/C30H26BrN3O6S/c31-22-10-12-23(13-11-22)33-41(37,38)25-16-14-24(15-17-25)39-20-29(35)34-19-28(40-27-9-5-4-8-26(27)34)30(36)32-18-21-6-2-1-3-7-21/h1-17,28,33H,18-20H2,(H,32,36)/t28-/m0/s1. The van der Waals surface area contributed by atoms with Gasteiger partial charge in [0.25, 0.3) is 21.8 Å². The fourth-order valence-corrected chi connectivity index (χ4v) is 5.50. The van der Waals surface area contributed by atoms with Crippen molar-refractivity contribution in [3.05, 3.63) is 113 Å². The Labute approximate surface area is 246 Å². The average Bonchev–Trinajstić information content (AvgIpc) is 3.00. The Hall–Kier alpha value is -4.35. The van der Waals surface area contributed by atoms with Crippen molar-refractivity contribution in [3.8, 4) is 11.5 Å². The van der Waals surface area contributed by atoms with Crippen LogP contribution in [0.25, 0.3) is 0 Å². The van der Waals surface area contributed by atoms with E-state index in [0.717, 1.165) is 10.0 Å². The summed E-state index contributed by atoms with van der Waals surface area (Å²) in [4.78, 5) is 27.7. The molecule has 0 saturated heterocycles. The largest absolute Gasteiger partial charge is 0.484 e. The minimum atomic E-state index is -3.81. The minimum absolute atomic E-state index is 0.0126. The number of halogens is 1. The maximum Gasteiger partial charge on any atom is 0.265 e. The first-order valence-corrected chi connectivity index (χ1v) is 14.9. The SMILES string of the molecule is O=C(NCc1ccccc1)[C@@H]1CN(C(=O)COc2ccc(S(=O)(=O)Nc3ccc(Br)cc3)cc2)c2ccccc2O1. The molecule has 1 aliphatic heterocycles. The number of carbonyl (C=O) groups is 2. The minimum Gasteiger partial charge on any atom is -0.484 e. The van der Waals surface area contributed by atoms with Crippen LogP contribution in [0.15, 0.2) is 112 Å². The highest BCUT2D eigenvalue weighted by Crippen LogP contribution is 2.33. The molecule has 41 heavy (non-hydrogen) atoms. The normalized spacial score (nSPS) is 14.4. The second kappa shape index (κ2) is 12.4. The van der Waals surface area contributed by atoms with Gasteiger partial charge in [-0.3, -0.25) is 14.3 Å². The molecule has 0 aliphatic carbocycles. The van der Waals surface area contributed by atoms with E-state index in [-0.39, 0.29) is 29.9 Å². The van der Waals surface area contributed by atoms with Gasteiger partial charge in [-0.1, -0.05) is 58.4 Å². The summed E-state index contributed by atoms with van der Waals surface area (Å²) >= 11 is 3.32. The summed E-state index contributed by atoms with van der Waals surface area (Å²) in [5, 5.41) is 2.86. The van der Waals surface area contributed by atoms with Crippen LogP contribution in [0.4, 0.5) is 11.4 Å². The van der Waals surface area contributed by atoms with Crippen molar-refractivity contribution >= 4 is 49.1 Å². The van der Waals surface area contributed by atoms with E-state index in [4.69, 9.17) is 9.47 Å². The number of fused-ring (bicyclic) bond motifs is 1. The molecule has 0 bridgehead atoms. The molecule has 1 atom stereocenters. The van der Waals surface area contributed by atoms with Crippen LogP contribution in [0.3, 0.4) is 0 Å². The molecule has 11 heteroatoms. The summed E-state index contributed by atoms with van der Waals surface area (Å²) in [5.41, 5.74) is 1.91. The highest BCUT2D eigenvalue weighted by Gasteiger charge is 2.33. The summed E-state index contributed by atoms with van der Waals surface area (Å²) in [6.07, 6.45) is -0.903. The second-order valence-electron chi connectivity index (χ2n) is 9.15. The first kappa shape index (κ1) is 28.2. The molecule has 4 aromatic rings. The van der Waals surface area contributed by atoms with E-state index in [2.05, 4.69) is 26.0 Å². The number of para-hydroxylation sites is 2. The fourth-order valence-electron chi connectivity index (χ4n) is 4.18. The lowest BCUT2D eigenvalue weighted by Crippen LogP contribution is -2.51. The van der Waals surface area contributed by atoms with Crippen LogP contribution in [0.5, 0.6) is 11.5 Å². The van der Waals surface area contributed by atoms with Crippen LogP contribution < -0.4 is 24.4 Å². The molecule has 0 aromatic heterocycles. The van der Waals surface area contributed by atoms with Gasteiger partial charge in [0.05, 0.1) is 17.1 Å². The van der Waals surface area contributed by atoms with Gasteiger partial charge in [-0.05, 0) is 66.2 Å². The third-order valence-corrected chi connectivity index (χ3v) is 8.20. The lowest BCUT2D eigenvalue weighted by molar-refractivity contribution is -0.128. The van der Waals surface area contributed by atoms with Crippen molar-refractivity contribution < 1.29 is 27.5 Å². The Morgan fingerprint density at radius 1 is 0.902 bits per heavy atom. The number of benzene rings is 4. The van der Waals surface area contributed by atoms with Crippen LogP contribution in [-0.4, -0.2) is 39.5 Å². The van der Waals surface area contributed by atoms with Gasteiger partial charge in [0, 0.05) is 16.7 Å². The molecule has 0 fully saturated rings. The van der Waals surface area contributed by atoms with Gasteiger partial charge in [-0.15, -0.1) is 0 Å². The number of hydrogen-bond donors (Lipinski definition) is 2. The van der Waals surface area contributed by atoms with Crippen molar-refractivity contribution in [1.29, 1.82) is 0 Å². The zero-order valence-electron chi connectivity index (χ0n) is 21.7. The number of nitrogens with zero attached hydrogens (tertiary/aromatic N) is 1. The van der Waals surface area contributed by atoms with Gasteiger partial charge in [0.2, 0.25) is 0 Å². The molecule has 5 rings (SSSR count). The molecule has 0 spiro atoms. The Balaban J connectivity index is 1.21. The molecule has 4 aromatic carbocycles. The maximum absolute atomic E-state index is 13.2. The molecule has 2 N–H and O–H groups in total. The number of sulfonamides is 1. The summed E-state index contributed by atoms with van der Waals surface area (Å²) in [7, 11) is -3.81. The number of ether oxygens (including phenoxy) is 2. The summed E-state index contributed by atoms with van der Waals surface area (Å²) in [6.45, 7) is 0.0251. The lowest BCUT2D eigenvalue weighted by atomic mass is 10.1. The predicted octanol–water partition coefficient (Wildman–Crippen LogP) is 4.74. The van der Waals surface area contributed by atoms with Crippen LogP contribution in [0, 0.1) is 0 Å². The number of hydrogen-bond acceptors (Lipinski definition) is 6. The maximum atomic E-state index is 13.2. The van der Waals surface area contributed by atoms with E-state index < -0.39 is 16.1 Å². The summed E-state index contributed by atoms with van der Waals surface area (Å²) < 4.78 is 40.4. The Kier molecular flexibility index (Phi) is 8.55. The zero-order valence-corrected chi connectivity index (χ0v) is 24.1. The zero-order chi connectivity index (χ0) is 28.8. The number of anilines is 2. The van der Waals surface area contributed by atoms with Crippen molar-refractivity contribution in [2.45, 2.75) is 17.5 Å².